The molecule has 108 valence electrons. The molecule has 0 saturated carbocycles. The molecule has 0 spiro atoms. The predicted octanol–water partition coefficient (Wildman–Crippen LogP) is -0.243. The minimum Gasteiger partial charge on any atom is -0.480 e. The summed E-state index contributed by atoms with van der Waals surface area (Å²) in [5.41, 5.74) is 4.95. The summed E-state index contributed by atoms with van der Waals surface area (Å²) in [5, 5.41) is 13.9. The van der Waals surface area contributed by atoms with Crippen LogP contribution in [0.4, 0.5) is 4.79 Å². The minimum atomic E-state index is -1.17. The maximum Gasteiger partial charge on any atom is 0.326 e. The van der Waals surface area contributed by atoms with Crippen LogP contribution in [0.2, 0.25) is 0 Å². The maximum atomic E-state index is 11.6. The number of nitrogens with two attached hydrogens (primary N) is 1. The molecule has 19 heavy (non-hydrogen) atoms. The smallest absolute Gasteiger partial charge is 0.326 e. The minimum absolute atomic E-state index is 0.00261. The Kier molecular flexibility index (Phi) is 6.48. The van der Waals surface area contributed by atoms with Gasteiger partial charge in [-0.2, -0.15) is 11.8 Å². The van der Waals surface area contributed by atoms with Crippen LogP contribution in [-0.4, -0.2) is 47.1 Å². The van der Waals surface area contributed by atoms with E-state index in [2.05, 4.69) is 10.6 Å². The van der Waals surface area contributed by atoms with Crippen LogP contribution >= 0.6 is 11.8 Å². The summed E-state index contributed by atoms with van der Waals surface area (Å²) in [6.07, 6.45) is 0.989. The maximum absolute atomic E-state index is 11.6. The largest absolute Gasteiger partial charge is 0.480 e. The van der Waals surface area contributed by atoms with Crippen molar-refractivity contribution in [2.24, 2.45) is 11.7 Å². The molecule has 1 rings (SSSR count). The van der Waals surface area contributed by atoms with E-state index in [0.717, 1.165) is 17.9 Å². The van der Waals surface area contributed by atoms with Crippen LogP contribution in [0, 0.1) is 5.92 Å². The monoisotopic (exact) mass is 289 g/mol. The molecule has 1 saturated heterocycles. The Morgan fingerprint density at radius 3 is 2.68 bits per heavy atom. The second kappa shape index (κ2) is 7.88. The number of hydrogen-bond donors (Lipinski definition) is 4. The zero-order valence-corrected chi connectivity index (χ0v) is 11.4. The van der Waals surface area contributed by atoms with Crippen LogP contribution < -0.4 is 16.4 Å². The molecule has 8 heteroatoms. The van der Waals surface area contributed by atoms with E-state index in [-0.39, 0.29) is 12.8 Å². The molecule has 5 N–H and O–H groups in total. The SMILES string of the molecule is NC(=O)CC[C@H](NC(=O)NCC1CCSC1)C(=O)O. The molecule has 0 bridgehead atoms. The van der Waals surface area contributed by atoms with E-state index in [9.17, 15) is 14.4 Å². The lowest BCUT2D eigenvalue weighted by molar-refractivity contribution is -0.139. The van der Waals surface area contributed by atoms with Gasteiger partial charge in [-0.3, -0.25) is 4.79 Å². The van der Waals surface area contributed by atoms with E-state index in [1.807, 2.05) is 11.8 Å². The molecular formula is C11H19N3O4S. The van der Waals surface area contributed by atoms with E-state index in [0.29, 0.717) is 12.5 Å². The first kappa shape index (κ1) is 15.6. The normalized spacial score (nSPS) is 19.7. The molecule has 7 nitrogen and oxygen atoms in total. The molecule has 0 aromatic carbocycles. The number of amides is 3. The average molecular weight is 289 g/mol. The second-order valence-electron chi connectivity index (χ2n) is 4.48. The van der Waals surface area contributed by atoms with E-state index >= 15 is 0 Å². The van der Waals surface area contributed by atoms with Crippen LogP contribution in [-0.2, 0) is 9.59 Å². The Bertz CT molecular complexity index is 345. The highest BCUT2D eigenvalue weighted by Gasteiger charge is 2.21. The van der Waals surface area contributed by atoms with Gasteiger partial charge in [0.15, 0.2) is 0 Å². The number of carboxylic acid groups (broad SMARTS) is 1. The van der Waals surface area contributed by atoms with Crippen molar-refractivity contribution in [2.45, 2.75) is 25.3 Å². The molecule has 1 heterocycles. The number of thioether (sulfide) groups is 1. The summed E-state index contributed by atoms with van der Waals surface area (Å²) in [7, 11) is 0. The molecule has 0 aromatic rings. The molecule has 1 unspecified atom stereocenters. The summed E-state index contributed by atoms with van der Waals surface area (Å²) < 4.78 is 0. The van der Waals surface area contributed by atoms with Gasteiger partial charge in [0.05, 0.1) is 0 Å². The van der Waals surface area contributed by atoms with E-state index in [1.54, 1.807) is 0 Å². The van der Waals surface area contributed by atoms with Crippen molar-refractivity contribution >= 4 is 29.7 Å². The zero-order chi connectivity index (χ0) is 14.3. The van der Waals surface area contributed by atoms with Crippen LogP contribution in [0.15, 0.2) is 0 Å². The number of urea groups is 1. The number of rotatable bonds is 7. The quantitative estimate of drug-likeness (QED) is 0.515. The second-order valence-corrected chi connectivity index (χ2v) is 5.63. The van der Waals surface area contributed by atoms with Gasteiger partial charge >= 0.3 is 12.0 Å². The molecule has 1 fully saturated rings. The van der Waals surface area contributed by atoms with Gasteiger partial charge in [-0.1, -0.05) is 0 Å². The Morgan fingerprint density at radius 1 is 1.42 bits per heavy atom. The van der Waals surface area contributed by atoms with Crippen molar-refractivity contribution in [1.29, 1.82) is 0 Å². The molecule has 1 aliphatic rings. The predicted molar refractivity (Wildman–Crippen MR) is 71.8 cm³/mol. The fraction of sp³-hybridized carbons (Fsp3) is 0.727. The van der Waals surface area contributed by atoms with Gasteiger partial charge in [0, 0.05) is 13.0 Å². The lowest BCUT2D eigenvalue weighted by atomic mass is 10.1. The van der Waals surface area contributed by atoms with Gasteiger partial charge in [-0.25, -0.2) is 9.59 Å². The first-order valence-electron chi connectivity index (χ1n) is 6.12. The summed E-state index contributed by atoms with van der Waals surface area (Å²) in [4.78, 5) is 33.1. The van der Waals surface area contributed by atoms with E-state index < -0.39 is 23.9 Å². The van der Waals surface area contributed by atoms with Crippen LogP contribution in [0.3, 0.4) is 0 Å². The lowest BCUT2D eigenvalue weighted by Gasteiger charge is -2.16. The van der Waals surface area contributed by atoms with Crippen LogP contribution in [0.1, 0.15) is 19.3 Å². The van der Waals surface area contributed by atoms with E-state index in [1.165, 1.54) is 0 Å². The molecule has 0 aromatic heterocycles. The highest BCUT2D eigenvalue weighted by atomic mass is 32.2. The molecule has 0 aliphatic carbocycles. The topological polar surface area (TPSA) is 122 Å². The van der Waals surface area contributed by atoms with Gasteiger partial charge in [0.2, 0.25) is 5.91 Å². The number of carboxylic acids is 1. The van der Waals surface area contributed by atoms with Crippen LogP contribution in [0.5, 0.6) is 0 Å². The molecule has 2 atom stereocenters. The molecule has 1 aliphatic heterocycles. The Balaban J connectivity index is 2.29. The number of carbonyl (C=O) groups excluding carboxylic acids is 2. The van der Waals surface area contributed by atoms with Crippen molar-refractivity contribution in [3.05, 3.63) is 0 Å². The van der Waals surface area contributed by atoms with Gasteiger partial charge in [-0.05, 0) is 30.3 Å². The number of carbonyl (C=O) groups is 3. The summed E-state index contributed by atoms with van der Waals surface area (Å²) in [6, 6.07) is -1.61. The number of primary amides is 1. The first-order valence-corrected chi connectivity index (χ1v) is 7.27. The third-order valence-corrected chi connectivity index (χ3v) is 4.09. The van der Waals surface area contributed by atoms with E-state index in [4.69, 9.17) is 10.8 Å². The average Bonchev–Trinajstić information content (AvgIpc) is 2.84. The van der Waals surface area contributed by atoms with Crippen LogP contribution in [0.25, 0.3) is 0 Å². The highest BCUT2D eigenvalue weighted by Crippen LogP contribution is 2.22. The fourth-order valence-electron chi connectivity index (χ4n) is 1.73. The Hall–Kier alpha value is -1.44. The van der Waals surface area contributed by atoms with Crippen molar-refractivity contribution in [2.75, 3.05) is 18.1 Å². The third-order valence-electron chi connectivity index (χ3n) is 2.86. The molecular weight excluding hydrogens is 270 g/mol. The summed E-state index contributed by atoms with van der Waals surface area (Å²) in [6.45, 7) is 0.543. The first-order chi connectivity index (χ1) is 8.99. The Morgan fingerprint density at radius 2 is 2.16 bits per heavy atom. The molecule has 0 radical (unpaired) electrons. The lowest BCUT2D eigenvalue weighted by Crippen LogP contribution is -2.47. The van der Waals surface area contributed by atoms with Crippen molar-refractivity contribution in [3.63, 3.8) is 0 Å². The third kappa shape index (κ3) is 6.32. The Labute approximate surface area is 115 Å². The highest BCUT2D eigenvalue weighted by molar-refractivity contribution is 7.99. The van der Waals surface area contributed by atoms with Crippen molar-refractivity contribution in [3.8, 4) is 0 Å². The van der Waals surface area contributed by atoms with Gasteiger partial charge < -0.3 is 21.5 Å². The van der Waals surface area contributed by atoms with Gasteiger partial charge in [0.25, 0.3) is 0 Å². The summed E-state index contributed by atoms with van der Waals surface area (Å²) in [5.74, 6) is 0.808. The number of nitrogens with one attached hydrogen (secondary N) is 2. The van der Waals surface area contributed by atoms with Gasteiger partial charge in [0.1, 0.15) is 6.04 Å². The summed E-state index contributed by atoms with van der Waals surface area (Å²) >= 11 is 1.85. The number of hydrogen-bond acceptors (Lipinski definition) is 4. The standard InChI is InChI=1S/C11H19N3O4S/c12-9(15)2-1-8(10(16)17)14-11(18)13-5-7-3-4-19-6-7/h7-8H,1-6H2,(H2,12,15)(H,16,17)(H2,13,14,18)/t7?,8-/m0/s1. The zero-order valence-electron chi connectivity index (χ0n) is 10.6. The van der Waals surface area contributed by atoms with Crippen molar-refractivity contribution in [1.82, 2.24) is 10.6 Å². The van der Waals surface area contributed by atoms with Gasteiger partial charge in [-0.15, -0.1) is 0 Å². The number of aliphatic carboxylic acids is 1. The molecule has 3 amide bonds. The van der Waals surface area contributed by atoms with Crippen molar-refractivity contribution < 1.29 is 19.5 Å². The fourth-order valence-corrected chi connectivity index (χ4v) is 3.02.